The number of carbonyl (C=O) groups is 1. The summed E-state index contributed by atoms with van der Waals surface area (Å²) in [6, 6.07) is 7.19. The van der Waals surface area contributed by atoms with Crippen molar-refractivity contribution in [3.8, 4) is 0 Å². The van der Waals surface area contributed by atoms with Gasteiger partial charge in [0.25, 0.3) is 0 Å². The fourth-order valence-electron chi connectivity index (χ4n) is 1.64. The first-order valence-corrected chi connectivity index (χ1v) is 5.20. The molecule has 0 aliphatic heterocycles. The molecule has 1 atom stereocenters. The highest BCUT2D eigenvalue weighted by Gasteiger charge is 2.13. The van der Waals surface area contributed by atoms with Gasteiger partial charge in [-0.1, -0.05) is 31.2 Å². The minimum Gasteiger partial charge on any atom is -0.481 e. The number of nitrogens with one attached hydrogen (secondary N) is 1. The molecule has 16 heavy (non-hydrogen) atoms. The van der Waals surface area contributed by atoms with E-state index in [2.05, 4.69) is 0 Å². The predicted octanol–water partition coefficient (Wildman–Crippen LogP) is 1.94. The van der Waals surface area contributed by atoms with Gasteiger partial charge in [0.1, 0.15) is 5.84 Å². The van der Waals surface area contributed by atoms with E-state index in [-0.39, 0.29) is 18.2 Å². The lowest BCUT2D eigenvalue weighted by molar-refractivity contribution is -0.137. The van der Waals surface area contributed by atoms with Crippen molar-refractivity contribution in [2.45, 2.75) is 25.7 Å². The molecule has 0 amide bonds. The summed E-state index contributed by atoms with van der Waals surface area (Å²) >= 11 is 0. The molecule has 4 N–H and O–H groups in total. The van der Waals surface area contributed by atoms with Gasteiger partial charge in [-0.25, -0.2) is 0 Å². The van der Waals surface area contributed by atoms with Crippen LogP contribution >= 0.6 is 0 Å². The molecule has 0 radical (unpaired) electrons. The van der Waals surface area contributed by atoms with Gasteiger partial charge in [0.15, 0.2) is 0 Å². The van der Waals surface area contributed by atoms with Crippen molar-refractivity contribution in [2.75, 3.05) is 0 Å². The third kappa shape index (κ3) is 3.08. The maximum absolute atomic E-state index is 10.7. The van der Waals surface area contributed by atoms with Gasteiger partial charge in [0, 0.05) is 5.56 Å². The number of nitrogens with two attached hydrogens (primary N) is 1. The van der Waals surface area contributed by atoms with Crippen LogP contribution in [-0.4, -0.2) is 16.9 Å². The molecule has 0 saturated carbocycles. The van der Waals surface area contributed by atoms with E-state index < -0.39 is 5.97 Å². The second-order valence-electron chi connectivity index (χ2n) is 3.74. The number of rotatable bonds is 5. The standard InChI is InChI=1S/C12H16N2O2/c1-2-8(7-11(15)16)9-3-5-10(6-4-9)12(13)14/h3-6,8H,2,7H2,1H3,(H3,13,14)(H,15,16). The molecule has 0 aromatic heterocycles. The molecule has 0 heterocycles. The van der Waals surface area contributed by atoms with E-state index in [1.807, 2.05) is 19.1 Å². The Kier molecular flexibility index (Phi) is 4.05. The van der Waals surface area contributed by atoms with E-state index in [0.29, 0.717) is 5.56 Å². The van der Waals surface area contributed by atoms with Crippen molar-refractivity contribution in [3.63, 3.8) is 0 Å². The second kappa shape index (κ2) is 5.30. The maximum atomic E-state index is 10.7. The van der Waals surface area contributed by atoms with Crippen LogP contribution < -0.4 is 5.73 Å². The Labute approximate surface area is 94.6 Å². The molecule has 1 aromatic rings. The molecule has 1 rings (SSSR count). The molecule has 0 bridgehead atoms. The number of benzene rings is 1. The van der Waals surface area contributed by atoms with Crippen LogP contribution in [0.4, 0.5) is 0 Å². The van der Waals surface area contributed by atoms with Gasteiger partial charge in [0.2, 0.25) is 0 Å². The molecule has 4 nitrogen and oxygen atoms in total. The SMILES string of the molecule is CCC(CC(=O)O)c1ccc(C(=N)N)cc1. The highest BCUT2D eigenvalue weighted by atomic mass is 16.4. The summed E-state index contributed by atoms with van der Waals surface area (Å²) in [4.78, 5) is 10.7. The van der Waals surface area contributed by atoms with E-state index in [1.165, 1.54) is 0 Å². The lowest BCUT2D eigenvalue weighted by Gasteiger charge is -2.13. The lowest BCUT2D eigenvalue weighted by Crippen LogP contribution is -2.11. The fraction of sp³-hybridized carbons (Fsp3) is 0.333. The number of aliphatic carboxylic acids is 1. The van der Waals surface area contributed by atoms with Crippen molar-refractivity contribution in [1.29, 1.82) is 5.41 Å². The molecule has 0 aliphatic carbocycles. The summed E-state index contributed by atoms with van der Waals surface area (Å²) in [5, 5.41) is 16.0. The molecule has 0 aliphatic rings. The third-order valence-electron chi connectivity index (χ3n) is 2.61. The molecule has 1 unspecified atom stereocenters. The van der Waals surface area contributed by atoms with E-state index in [9.17, 15) is 4.79 Å². The Hall–Kier alpha value is -1.84. The monoisotopic (exact) mass is 220 g/mol. The van der Waals surface area contributed by atoms with Crippen molar-refractivity contribution in [1.82, 2.24) is 0 Å². The van der Waals surface area contributed by atoms with Gasteiger partial charge < -0.3 is 10.8 Å². The molecular weight excluding hydrogens is 204 g/mol. The Morgan fingerprint density at radius 2 is 2.00 bits per heavy atom. The van der Waals surface area contributed by atoms with Crippen molar-refractivity contribution < 1.29 is 9.90 Å². The summed E-state index contributed by atoms with van der Waals surface area (Å²) in [5.41, 5.74) is 6.98. The summed E-state index contributed by atoms with van der Waals surface area (Å²) < 4.78 is 0. The Morgan fingerprint density at radius 3 is 2.38 bits per heavy atom. The van der Waals surface area contributed by atoms with Gasteiger partial charge in [-0.05, 0) is 17.9 Å². The van der Waals surface area contributed by atoms with Crippen LogP contribution in [0.15, 0.2) is 24.3 Å². The third-order valence-corrected chi connectivity index (χ3v) is 2.61. The van der Waals surface area contributed by atoms with Gasteiger partial charge >= 0.3 is 5.97 Å². The molecule has 0 saturated heterocycles. The number of nitrogen functional groups attached to an aromatic ring is 1. The summed E-state index contributed by atoms with van der Waals surface area (Å²) in [5.74, 6) is -0.737. The minimum atomic E-state index is -0.789. The zero-order chi connectivity index (χ0) is 12.1. The predicted molar refractivity (Wildman–Crippen MR) is 62.7 cm³/mol. The molecule has 0 fully saturated rings. The van der Waals surface area contributed by atoms with E-state index >= 15 is 0 Å². The average molecular weight is 220 g/mol. The van der Waals surface area contributed by atoms with Crippen molar-refractivity contribution >= 4 is 11.8 Å². The first-order chi connectivity index (χ1) is 7.54. The largest absolute Gasteiger partial charge is 0.481 e. The molecule has 0 spiro atoms. The highest BCUT2D eigenvalue weighted by Crippen LogP contribution is 2.23. The number of amidine groups is 1. The van der Waals surface area contributed by atoms with E-state index in [1.54, 1.807) is 12.1 Å². The summed E-state index contributed by atoms with van der Waals surface area (Å²) in [6.07, 6.45) is 0.918. The average Bonchev–Trinajstić information content (AvgIpc) is 2.25. The Balaban J connectivity index is 2.86. The highest BCUT2D eigenvalue weighted by molar-refractivity contribution is 5.94. The topological polar surface area (TPSA) is 87.2 Å². The molecule has 86 valence electrons. The Bertz CT molecular complexity index is 385. The summed E-state index contributed by atoms with van der Waals surface area (Å²) in [7, 11) is 0. The van der Waals surface area contributed by atoms with E-state index in [0.717, 1.165) is 12.0 Å². The quantitative estimate of drug-likeness (QED) is 0.523. The minimum absolute atomic E-state index is 0.0258. The fourth-order valence-corrected chi connectivity index (χ4v) is 1.64. The first-order valence-electron chi connectivity index (χ1n) is 5.20. The number of carboxylic acid groups (broad SMARTS) is 1. The molecule has 4 heteroatoms. The van der Waals surface area contributed by atoms with Gasteiger partial charge in [-0.2, -0.15) is 0 Å². The first kappa shape index (κ1) is 12.2. The maximum Gasteiger partial charge on any atom is 0.303 e. The summed E-state index contributed by atoms with van der Waals surface area (Å²) in [6.45, 7) is 1.96. The van der Waals surface area contributed by atoms with Crippen LogP contribution in [-0.2, 0) is 4.79 Å². The van der Waals surface area contributed by atoms with Crippen LogP contribution in [0.3, 0.4) is 0 Å². The van der Waals surface area contributed by atoms with Crippen molar-refractivity contribution in [2.24, 2.45) is 5.73 Å². The number of hydrogen-bond acceptors (Lipinski definition) is 2. The van der Waals surface area contributed by atoms with Crippen molar-refractivity contribution in [3.05, 3.63) is 35.4 Å². The molecular formula is C12H16N2O2. The zero-order valence-electron chi connectivity index (χ0n) is 9.23. The smallest absolute Gasteiger partial charge is 0.303 e. The second-order valence-corrected chi connectivity index (χ2v) is 3.74. The molecule has 1 aromatic carbocycles. The van der Waals surface area contributed by atoms with Crippen LogP contribution in [0.25, 0.3) is 0 Å². The Morgan fingerprint density at radius 1 is 1.44 bits per heavy atom. The number of hydrogen-bond donors (Lipinski definition) is 3. The van der Waals surface area contributed by atoms with Gasteiger partial charge in [0.05, 0.1) is 6.42 Å². The van der Waals surface area contributed by atoms with E-state index in [4.69, 9.17) is 16.2 Å². The normalized spacial score (nSPS) is 12.1. The van der Waals surface area contributed by atoms with Gasteiger partial charge in [-0.15, -0.1) is 0 Å². The van der Waals surface area contributed by atoms with Crippen LogP contribution in [0.2, 0.25) is 0 Å². The number of carboxylic acids is 1. The lowest BCUT2D eigenvalue weighted by atomic mass is 9.92. The van der Waals surface area contributed by atoms with Crippen LogP contribution in [0, 0.1) is 5.41 Å². The van der Waals surface area contributed by atoms with Gasteiger partial charge in [-0.3, -0.25) is 10.2 Å². The van der Waals surface area contributed by atoms with Crippen LogP contribution in [0.5, 0.6) is 0 Å². The van der Waals surface area contributed by atoms with Crippen LogP contribution in [0.1, 0.15) is 36.8 Å². The zero-order valence-corrected chi connectivity index (χ0v) is 9.23.